The number of carbonyl (C=O) groups excluding carboxylic acids is 1. The van der Waals surface area contributed by atoms with Crippen LogP contribution >= 0.6 is 82.3 Å². The Hall–Kier alpha value is 0.540. The van der Waals surface area contributed by atoms with E-state index in [1.54, 1.807) is 47.0 Å². The van der Waals surface area contributed by atoms with Crippen molar-refractivity contribution in [3.05, 3.63) is 0 Å². The minimum absolute atomic E-state index is 0.182. The molecule has 0 radical (unpaired) electrons. The minimum atomic E-state index is -0.348. The van der Waals surface area contributed by atoms with E-state index in [4.69, 9.17) is 29.4 Å². The van der Waals surface area contributed by atoms with Gasteiger partial charge in [0.1, 0.15) is 19.8 Å². The van der Waals surface area contributed by atoms with E-state index in [1.165, 1.54) is 12.8 Å². The van der Waals surface area contributed by atoms with E-state index in [9.17, 15) is 4.79 Å². The highest BCUT2D eigenvalue weighted by molar-refractivity contribution is 8.23. The molecule has 0 unspecified atom stereocenters. The highest BCUT2D eigenvalue weighted by atomic mass is 32.2. The lowest BCUT2D eigenvalue weighted by Gasteiger charge is -2.07. The zero-order valence-corrected chi connectivity index (χ0v) is 27.5. The zero-order valence-electron chi connectivity index (χ0n) is 21.8. The summed E-state index contributed by atoms with van der Waals surface area (Å²) in [6, 6.07) is 0. The molecule has 0 aliphatic carbocycles. The van der Waals surface area contributed by atoms with E-state index < -0.39 is 0 Å². The van der Waals surface area contributed by atoms with Crippen LogP contribution in [0.3, 0.4) is 0 Å². The molecule has 224 valence electrons. The van der Waals surface area contributed by atoms with Gasteiger partial charge < -0.3 is 24.9 Å². The maximum absolute atomic E-state index is 11.7. The van der Waals surface area contributed by atoms with Gasteiger partial charge in [-0.15, -0.1) is 70.6 Å². The first kappa shape index (κ1) is 38.5. The van der Waals surface area contributed by atoms with Crippen LogP contribution in [-0.2, 0) is 24.3 Å². The summed E-state index contributed by atoms with van der Waals surface area (Å²) in [4.78, 5) is 39.2. The third kappa shape index (κ3) is 34.6. The standard InChI is InChI=1S/C21H41N3O7S7/c1-2-22-15-30-29-8-14-36-20-38-19-35-12-6-27-21(26)24-4-10-34-18-37-17-33-9-3-23-16-31-28-7-13-32-11-5-25/h15-16,25H,2-14,17-20H2,1H3,(H,24,26). The number of rotatable bonds is 30. The Morgan fingerprint density at radius 3 is 1.97 bits per heavy atom. The largest absolute Gasteiger partial charge is 0.449 e. The second-order valence-corrected chi connectivity index (χ2v) is 15.4. The monoisotopic (exact) mass is 671 g/mol. The summed E-state index contributed by atoms with van der Waals surface area (Å²) in [6.45, 7) is 5.51. The van der Waals surface area contributed by atoms with Crippen molar-refractivity contribution in [3.8, 4) is 0 Å². The van der Waals surface area contributed by atoms with Gasteiger partial charge in [0.05, 0.1) is 13.2 Å². The first-order valence-electron chi connectivity index (χ1n) is 11.9. The van der Waals surface area contributed by atoms with Crippen LogP contribution in [0.4, 0.5) is 4.79 Å². The summed E-state index contributed by atoms with van der Waals surface area (Å²) in [6.07, 6.45) is 2.30. The molecule has 1 amide bonds. The molecule has 0 aliphatic heterocycles. The van der Waals surface area contributed by atoms with Crippen molar-refractivity contribution in [1.82, 2.24) is 5.32 Å². The van der Waals surface area contributed by atoms with Gasteiger partial charge in [0.2, 0.25) is 12.8 Å². The number of hydrogen-bond donors (Lipinski definition) is 2. The Morgan fingerprint density at radius 2 is 1.32 bits per heavy atom. The molecule has 0 fully saturated rings. The summed E-state index contributed by atoms with van der Waals surface area (Å²) < 4.78 is 5.19. The van der Waals surface area contributed by atoms with Crippen molar-refractivity contribution in [3.63, 3.8) is 0 Å². The van der Waals surface area contributed by atoms with Crippen molar-refractivity contribution >= 4 is 101 Å². The molecule has 0 aliphatic rings. The summed E-state index contributed by atoms with van der Waals surface area (Å²) >= 11 is 12.5. The van der Waals surface area contributed by atoms with Gasteiger partial charge in [0, 0.05) is 67.9 Å². The summed E-state index contributed by atoms with van der Waals surface area (Å²) in [5.74, 6) is 4.94. The number of aliphatic imine (C=N–C) groups is 2. The highest BCUT2D eigenvalue weighted by Crippen LogP contribution is 2.18. The Morgan fingerprint density at radius 1 is 0.737 bits per heavy atom. The van der Waals surface area contributed by atoms with E-state index in [2.05, 4.69) is 15.3 Å². The fourth-order valence-electron chi connectivity index (χ4n) is 1.82. The molecule has 10 nitrogen and oxygen atoms in total. The Bertz CT molecular complexity index is 559. The molecule has 0 atom stereocenters. The topological polar surface area (TPSA) is 120 Å². The van der Waals surface area contributed by atoms with Gasteiger partial charge in [-0.25, -0.2) is 4.79 Å². The molecule has 0 aromatic rings. The number of carbonyl (C=O) groups is 1. The summed E-state index contributed by atoms with van der Waals surface area (Å²) in [5.41, 5.74) is 0. The molecule has 0 heterocycles. The van der Waals surface area contributed by atoms with E-state index in [1.807, 2.05) is 42.2 Å². The Balaban J connectivity index is 3.20. The number of nitrogens with one attached hydrogen (secondary N) is 1. The van der Waals surface area contributed by atoms with E-state index in [-0.39, 0.29) is 12.7 Å². The van der Waals surface area contributed by atoms with Crippen molar-refractivity contribution in [2.24, 2.45) is 9.98 Å². The number of aliphatic hydroxyl groups is 1. The summed E-state index contributed by atoms with van der Waals surface area (Å²) in [5, 5.41) is 15.4. The number of nitrogens with zero attached hydrogens (tertiary/aromatic N) is 2. The lowest BCUT2D eigenvalue weighted by Crippen LogP contribution is -2.27. The van der Waals surface area contributed by atoms with Gasteiger partial charge in [-0.1, -0.05) is 0 Å². The molecule has 0 spiro atoms. The van der Waals surface area contributed by atoms with Crippen LogP contribution in [0.25, 0.3) is 0 Å². The number of amides is 1. The molecule has 17 heteroatoms. The molecular formula is C21H41N3O7S7. The number of thioether (sulfide) groups is 7. The molecular weight excluding hydrogens is 631 g/mol. The fraction of sp³-hybridized carbons (Fsp3) is 0.857. The second kappa shape index (κ2) is 35.6. The van der Waals surface area contributed by atoms with Crippen molar-refractivity contribution in [1.29, 1.82) is 0 Å². The van der Waals surface area contributed by atoms with Gasteiger partial charge in [0.25, 0.3) is 0 Å². The normalized spacial score (nSPS) is 11.4. The molecule has 0 rings (SSSR count). The Labute approximate surface area is 257 Å². The number of ether oxygens (including phenoxy) is 1. The first-order valence-corrected chi connectivity index (χ1v) is 20.0. The second-order valence-electron chi connectivity index (χ2n) is 6.36. The molecule has 0 aromatic heterocycles. The van der Waals surface area contributed by atoms with E-state index in [0.29, 0.717) is 45.2 Å². The van der Waals surface area contributed by atoms with Crippen molar-refractivity contribution in [2.45, 2.75) is 6.92 Å². The average molecular weight is 672 g/mol. The van der Waals surface area contributed by atoms with Crippen LogP contribution in [-0.4, -0.2) is 125 Å². The van der Waals surface area contributed by atoms with E-state index >= 15 is 0 Å². The highest BCUT2D eigenvalue weighted by Gasteiger charge is 2.01. The van der Waals surface area contributed by atoms with Gasteiger partial charge in [0.15, 0.2) is 0 Å². The van der Waals surface area contributed by atoms with Crippen LogP contribution in [0.1, 0.15) is 6.92 Å². The zero-order chi connectivity index (χ0) is 27.6. The van der Waals surface area contributed by atoms with E-state index in [0.717, 1.165) is 49.1 Å². The van der Waals surface area contributed by atoms with Gasteiger partial charge >= 0.3 is 6.09 Å². The van der Waals surface area contributed by atoms with Crippen LogP contribution in [0.5, 0.6) is 0 Å². The lowest BCUT2D eigenvalue weighted by atomic mass is 10.7. The Kier molecular flexibility index (Phi) is 36.1. The van der Waals surface area contributed by atoms with Gasteiger partial charge in [-0.05, 0) is 6.92 Å². The van der Waals surface area contributed by atoms with Crippen LogP contribution in [0, 0.1) is 0 Å². The lowest BCUT2D eigenvalue weighted by molar-refractivity contribution is -0.210. The van der Waals surface area contributed by atoms with Crippen LogP contribution < -0.4 is 5.32 Å². The maximum Gasteiger partial charge on any atom is 0.407 e. The summed E-state index contributed by atoms with van der Waals surface area (Å²) in [7, 11) is 0. The number of aliphatic hydroxyl groups excluding tert-OH is 1. The van der Waals surface area contributed by atoms with Gasteiger partial charge in [-0.2, -0.15) is 21.5 Å². The predicted molar refractivity (Wildman–Crippen MR) is 175 cm³/mol. The maximum atomic E-state index is 11.7. The van der Waals surface area contributed by atoms with Crippen molar-refractivity contribution < 1.29 is 34.2 Å². The van der Waals surface area contributed by atoms with Crippen LogP contribution in [0.2, 0.25) is 0 Å². The quantitative estimate of drug-likeness (QED) is 0.0276. The van der Waals surface area contributed by atoms with Crippen molar-refractivity contribution in [2.75, 3.05) is 101 Å². The number of alkyl carbamates (subject to hydrolysis) is 1. The van der Waals surface area contributed by atoms with Crippen LogP contribution in [0.15, 0.2) is 9.98 Å². The first-order chi connectivity index (χ1) is 18.8. The minimum Gasteiger partial charge on any atom is -0.449 e. The SMILES string of the molecule is CCN=COOCCSCSCSCCOC(=O)NCCSCSCSCCN=COOCCSCCO. The average Bonchev–Trinajstić information content (AvgIpc) is 2.92. The molecule has 0 saturated carbocycles. The fourth-order valence-corrected chi connectivity index (χ4v) is 8.75. The molecule has 38 heavy (non-hydrogen) atoms. The third-order valence-corrected chi connectivity index (χ3v) is 11.6. The number of hydrogen-bond acceptors (Lipinski definition) is 16. The molecule has 0 saturated heterocycles. The van der Waals surface area contributed by atoms with Gasteiger partial charge in [-0.3, -0.25) is 9.98 Å². The molecule has 2 N–H and O–H groups in total. The molecule has 0 bridgehead atoms. The molecule has 0 aromatic carbocycles. The smallest absolute Gasteiger partial charge is 0.407 e. The predicted octanol–water partition coefficient (Wildman–Crippen LogP) is 4.64. The third-order valence-electron chi connectivity index (χ3n) is 3.42.